The summed E-state index contributed by atoms with van der Waals surface area (Å²) in [6, 6.07) is 18.6. The average molecular weight is 457 g/mol. The summed E-state index contributed by atoms with van der Waals surface area (Å²) in [4.78, 5) is 11.9. The van der Waals surface area contributed by atoms with E-state index in [9.17, 15) is 0 Å². The van der Waals surface area contributed by atoms with Crippen molar-refractivity contribution in [2.24, 2.45) is 0 Å². The molecule has 2 aliphatic heterocycles. The SMILES string of the molecule is CCOc1ccc(-n2cc(-c3ccccc3)c3c(N4CCC5(CC4)OCCO5)ncnc32)cc1. The Morgan fingerprint density at radius 3 is 2.38 bits per heavy atom. The van der Waals surface area contributed by atoms with Crippen LogP contribution in [0, 0.1) is 0 Å². The predicted molar refractivity (Wildman–Crippen MR) is 132 cm³/mol. The minimum atomic E-state index is -0.418. The second-order valence-electron chi connectivity index (χ2n) is 8.70. The number of nitrogens with zero attached hydrogens (tertiary/aromatic N) is 4. The first kappa shape index (κ1) is 21.1. The van der Waals surface area contributed by atoms with Gasteiger partial charge in [-0.3, -0.25) is 0 Å². The number of ether oxygens (including phenoxy) is 3. The van der Waals surface area contributed by atoms with Crippen LogP contribution in [0.25, 0.3) is 27.8 Å². The third-order valence-corrected chi connectivity index (χ3v) is 6.71. The Labute approximate surface area is 198 Å². The highest BCUT2D eigenvalue weighted by molar-refractivity contribution is 6.02. The van der Waals surface area contributed by atoms with Crippen LogP contribution in [0.1, 0.15) is 19.8 Å². The maximum absolute atomic E-state index is 5.94. The number of piperidine rings is 1. The molecule has 4 heterocycles. The van der Waals surface area contributed by atoms with E-state index >= 15 is 0 Å². The molecule has 4 aromatic rings. The second-order valence-corrected chi connectivity index (χ2v) is 8.70. The lowest BCUT2D eigenvalue weighted by molar-refractivity contribution is -0.169. The van der Waals surface area contributed by atoms with E-state index in [0.717, 1.165) is 65.3 Å². The molecule has 174 valence electrons. The average Bonchev–Trinajstić information content (AvgIpc) is 3.51. The van der Waals surface area contributed by atoms with E-state index in [0.29, 0.717) is 19.8 Å². The van der Waals surface area contributed by atoms with Crippen LogP contribution >= 0.6 is 0 Å². The molecular weight excluding hydrogens is 428 g/mol. The molecule has 0 saturated carbocycles. The molecule has 2 aliphatic rings. The third kappa shape index (κ3) is 3.71. The van der Waals surface area contributed by atoms with E-state index < -0.39 is 5.79 Å². The van der Waals surface area contributed by atoms with Gasteiger partial charge in [0, 0.05) is 43.4 Å². The van der Waals surface area contributed by atoms with Crippen molar-refractivity contribution in [2.75, 3.05) is 37.8 Å². The summed E-state index contributed by atoms with van der Waals surface area (Å²) in [5.41, 5.74) is 4.19. The Kier molecular flexibility index (Phi) is 5.43. The molecule has 0 bridgehead atoms. The van der Waals surface area contributed by atoms with Gasteiger partial charge in [-0.25, -0.2) is 9.97 Å². The third-order valence-electron chi connectivity index (χ3n) is 6.71. The first-order valence-corrected chi connectivity index (χ1v) is 11.9. The molecule has 2 saturated heterocycles. The largest absolute Gasteiger partial charge is 0.494 e. The fraction of sp³-hybridized carbons (Fsp3) is 0.333. The molecule has 0 radical (unpaired) electrons. The highest BCUT2D eigenvalue weighted by Crippen LogP contribution is 2.39. The number of aromatic nitrogens is 3. The van der Waals surface area contributed by atoms with E-state index in [-0.39, 0.29) is 0 Å². The fourth-order valence-electron chi connectivity index (χ4n) is 5.03. The van der Waals surface area contributed by atoms with Gasteiger partial charge in [0.05, 0.1) is 25.2 Å². The second kappa shape index (κ2) is 8.74. The fourth-order valence-corrected chi connectivity index (χ4v) is 5.03. The van der Waals surface area contributed by atoms with Gasteiger partial charge in [0.25, 0.3) is 0 Å². The van der Waals surface area contributed by atoms with Gasteiger partial charge in [-0.15, -0.1) is 0 Å². The predicted octanol–water partition coefficient (Wildman–Crippen LogP) is 4.83. The maximum Gasteiger partial charge on any atom is 0.171 e. The summed E-state index contributed by atoms with van der Waals surface area (Å²) in [5.74, 6) is 1.40. The molecule has 0 aliphatic carbocycles. The first-order chi connectivity index (χ1) is 16.8. The van der Waals surface area contributed by atoms with Crippen LogP contribution in [0.2, 0.25) is 0 Å². The van der Waals surface area contributed by atoms with E-state index in [2.05, 4.69) is 52.1 Å². The number of benzene rings is 2. The van der Waals surface area contributed by atoms with Gasteiger partial charge in [-0.1, -0.05) is 30.3 Å². The molecule has 0 unspecified atom stereocenters. The normalized spacial score (nSPS) is 17.5. The monoisotopic (exact) mass is 456 g/mol. The summed E-state index contributed by atoms with van der Waals surface area (Å²) in [6.45, 7) is 5.66. The van der Waals surface area contributed by atoms with Crippen molar-refractivity contribution in [2.45, 2.75) is 25.6 Å². The molecule has 1 spiro atoms. The van der Waals surface area contributed by atoms with Crippen LogP contribution in [0.5, 0.6) is 5.75 Å². The van der Waals surface area contributed by atoms with Crippen molar-refractivity contribution in [1.82, 2.24) is 14.5 Å². The van der Waals surface area contributed by atoms with Gasteiger partial charge in [0.1, 0.15) is 17.9 Å². The lowest BCUT2D eigenvalue weighted by Crippen LogP contribution is -2.45. The quantitative estimate of drug-likeness (QED) is 0.429. The van der Waals surface area contributed by atoms with Crippen LogP contribution in [0.4, 0.5) is 5.82 Å². The molecule has 0 amide bonds. The zero-order chi connectivity index (χ0) is 23.0. The Morgan fingerprint density at radius 2 is 1.68 bits per heavy atom. The molecule has 2 aromatic carbocycles. The van der Waals surface area contributed by atoms with Crippen molar-refractivity contribution in [3.63, 3.8) is 0 Å². The maximum atomic E-state index is 5.94. The van der Waals surface area contributed by atoms with Gasteiger partial charge >= 0.3 is 0 Å². The molecule has 2 aromatic heterocycles. The van der Waals surface area contributed by atoms with Gasteiger partial charge in [-0.2, -0.15) is 0 Å². The van der Waals surface area contributed by atoms with E-state index in [4.69, 9.17) is 24.2 Å². The molecule has 7 nitrogen and oxygen atoms in total. The molecule has 2 fully saturated rings. The molecule has 0 N–H and O–H groups in total. The molecule has 7 heteroatoms. The Morgan fingerprint density at radius 1 is 0.941 bits per heavy atom. The van der Waals surface area contributed by atoms with E-state index in [1.165, 1.54) is 0 Å². The first-order valence-electron chi connectivity index (χ1n) is 11.9. The topological polar surface area (TPSA) is 61.6 Å². The van der Waals surface area contributed by atoms with Crippen LogP contribution < -0.4 is 9.64 Å². The van der Waals surface area contributed by atoms with E-state index in [1.54, 1.807) is 6.33 Å². The van der Waals surface area contributed by atoms with Crippen molar-refractivity contribution < 1.29 is 14.2 Å². The van der Waals surface area contributed by atoms with Crippen LogP contribution in [0.15, 0.2) is 67.1 Å². The summed E-state index contributed by atoms with van der Waals surface area (Å²) in [5, 5.41) is 1.06. The summed E-state index contributed by atoms with van der Waals surface area (Å²) in [6.07, 6.45) is 5.50. The number of anilines is 1. The number of hydrogen-bond donors (Lipinski definition) is 0. The lowest BCUT2D eigenvalue weighted by Gasteiger charge is -2.38. The smallest absolute Gasteiger partial charge is 0.171 e. The summed E-state index contributed by atoms with van der Waals surface area (Å²) < 4.78 is 19.7. The molecular formula is C27H28N4O3. The molecule has 6 rings (SSSR count). The summed E-state index contributed by atoms with van der Waals surface area (Å²) >= 11 is 0. The number of rotatable bonds is 5. The standard InChI is InChI=1S/C27H28N4O3/c1-2-32-22-10-8-21(9-11-22)31-18-23(20-6-4-3-5-7-20)24-25(28-19-29-26(24)31)30-14-12-27(13-15-30)33-16-17-34-27/h3-11,18-19H,2,12-17H2,1H3. The number of hydrogen-bond acceptors (Lipinski definition) is 6. The molecule has 0 atom stereocenters. The van der Waals surface area contributed by atoms with Gasteiger partial charge in [0.2, 0.25) is 0 Å². The summed E-state index contributed by atoms with van der Waals surface area (Å²) in [7, 11) is 0. The Balaban J connectivity index is 1.45. The molecule has 34 heavy (non-hydrogen) atoms. The van der Waals surface area contributed by atoms with Crippen LogP contribution in [-0.4, -0.2) is 53.2 Å². The Bertz CT molecular complexity index is 1270. The highest BCUT2D eigenvalue weighted by atomic mass is 16.7. The highest BCUT2D eigenvalue weighted by Gasteiger charge is 2.40. The zero-order valence-corrected chi connectivity index (χ0v) is 19.3. The Hall–Kier alpha value is -3.42. The van der Waals surface area contributed by atoms with Crippen LogP contribution in [-0.2, 0) is 9.47 Å². The van der Waals surface area contributed by atoms with Gasteiger partial charge in [0.15, 0.2) is 11.4 Å². The zero-order valence-electron chi connectivity index (χ0n) is 19.3. The lowest BCUT2D eigenvalue weighted by atomic mass is 10.0. The van der Waals surface area contributed by atoms with E-state index in [1.807, 2.05) is 25.1 Å². The van der Waals surface area contributed by atoms with Crippen molar-refractivity contribution in [3.8, 4) is 22.6 Å². The number of fused-ring (bicyclic) bond motifs is 1. The minimum absolute atomic E-state index is 0.418. The van der Waals surface area contributed by atoms with Crippen LogP contribution in [0.3, 0.4) is 0 Å². The van der Waals surface area contributed by atoms with Gasteiger partial charge in [-0.05, 0) is 36.8 Å². The van der Waals surface area contributed by atoms with Gasteiger partial charge < -0.3 is 23.7 Å². The van der Waals surface area contributed by atoms with Crippen molar-refractivity contribution in [1.29, 1.82) is 0 Å². The minimum Gasteiger partial charge on any atom is -0.494 e. The van der Waals surface area contributed by atoms with Crippen molar-refractivity contribution in [3.05, 3.63) is 67.1 Å². The van der Waals surface area contributed by atoms with Crippen molar-refractivity contribution >= 4 is 16.9 Å².